The van der Waals surface area contributed by atoms with E-state index in [1.54, 1.807) is 0 Å². The molecule has 5 aliphatic carbocycles. The van der Waals surface area contributed by atoms with Crippen LogP contribution in [0.2, 0.25) is 0 Å². The van der Waals surface area contributed by atoms with Gasteiger partial charge < -0.3 is 0 Å². The maximum absolute atomic E-state index is 5.32. The fraction of sp³-hybridized carbons (Fsp3) is 0.0357. The third-order valence-electron chi connectivity index (χ3n) is 25.1. The van der Waals surface area contributed by atoms with E-state index >= 15 is 0 Å². The topological polar surface area (TPSA) is 77.3 Å². The largest absolute Gasteiger partial charge is 0.208 e. The zero-order valence-electron chi connectivity index (χ0n) is 64.3. The van der Waals surface area contributed by atoms with Crippen molar-refractivity contribution in [1.82, 2.24) is 29.9 Å². The van der Waals surface area contributed by atoms with Crippen LogP contribution in [0.15, 0.2) is 425 Å². The van der Waals surface area contributed by atoms with E-state index in [9.17, 15) is 0 Å². The predicted molar refractivity (Wildman–Crippen MR) is 477 cm³/mol. The van der Waals surface area contributed by atoms with Crippen LogP contribution in [0.25, 0.3) is 135 Å². The maximum atomic E-state index is 5.32. The van der Waals surface area contributed by atoms with Gasteiger partial charge in [-0.25, -0.2) is 29.9 Å². The van der Waals surface area contributed by atoms with Crippen molar-refractivity contribution < 1.29 is 0 Å². The smallest absolute Gasteiger partial charge is 0.164 e. The lowest BCUT2D eigenvalue weighted by atomic mass is 9.60. The standard InChI is InChI=1S/C112H72N6/c1-7-27-73(28-8-1)105-113-107(117-109(115-105)83-33-25-31-77(65-83)81-57-61-91-89-43-21-23-47-99(89)111(101(91)69-81,85-35-11-3-12-36-85)86-37-13-4-14-38-86)75-53-49-71(50-54-75)79-59-63-95-97(67-79)103-93-45-19-20-46-94(93)104(95)98-68-80(60-64-96(98)103)72-51-55-76(56-52-72)108-114-106(74-29-9-2-10-30-74)116-110(118-108)84-34-26-32-78(66-84)82-58-62-92-90-44-22-24-48-100(90)112(102(92)70-82,87-39-15-5-16-40-87)88-41-17-6-18-42-88/h1-70,103-104H. The SMILES string of the molecule is c1ccc(-c2nc(-c3ccc(-c4ccc5c(c4)C4c6ccccc6C5c5cc(-c6ccc(-c7nc(-c8ccccc8)nc(-c8cccc(-c9ccc%10c(c9)C(c9ccccc9)(c9ccccc9)c9ccccc9-%10)c8)n7)cc6)ccc54)cc3)nc(-c3cccc(-c4ccc5c(c4)C(c4ccccc4)(c4ccccc4)c4ccccc4-5)c3)n2)cc1. The Morgan fingerprint density at radius 2 is 0.381 bits per heavy atom. The van der Waals surface area contributed by atoms with E-state index in [1.165, 1.54) is 100 Å². The number of hydrogen-bond acceptors (Lipinski definition) is 6. The van der Waals surface area contributed by atoms with Crippen LogP contribution < -0.4 is 0 Å². The number of benzene rings is 17. The van der Waals surface area contributed by atoms with Gasteiger partial charge in [-0.3, -0.25) is 0 Å². The second-order valence-corrected chi connectivity index (χ2v) is 31.4. The number of aromatic nitrogens is 6. The summed E-state index contributed by atoms with van der Waals surface area (Å²) in [4.78, 5) is 31.5. The van der Waals surface area contributed by atoms with Gasteiger partial charge in [-0.1, -0.05) is 388 Å². The van der Waals surface area contributed by atoms with Gasteiger partial charge in [0, 0.05) is 45.2 Å². The van der Waals surface area contributed by atoms with Crippen LogP contribution in [-0.4, -0.2) is 29.9 Å². The summed E-state index contributed by atoms with van der Waals surface area (Å²) in [5.41, 5.74) is 36.6. The molecule has 2 heterocycles. The van der Waals surface area contributed by atoms with Crippen molar-refractivity contribution in [2.75, 3.05) is 0 Å². The third-order valence-corrected chi connectivity index (χ3v) is 25.1. The fourth-order valence-electron chi connectivity index (χ4n) is 19.8. The maximum Gasteiger partial charge on any atom is 0.164 e. The van der Waals surface area contributed by atoms with Gasteiger partial charge in [0.05, 0.1) is 10.8 Å². The Hall–Kier alpha value is -15.2. The Bertz CT molecular complexity index is 6640. The van der Waals surface area contributed by atoms with E-state index in [0.29, 0.717) is 34.9 Å². The number of nitrogens with zero attached hydrogens (tertiary/aromatic N) is 6. The summed E-state index contributed by atoms with van der Waals surface area (Å²) in [6, 6.07) is 155. The van der Waals surface area contributed by atoms with Crippen LogP contribution in [-0.2, 0) is 10.8 Å². The fourth-order valence-corrected chi connectivity index (χ4v) is 19.8. The van der Waals surface area contributed by atoms with Gasteiger partial charge in [0.25, 0.3) is 0 Å². The quantitative estimate of drug-likeness (QED) is 0.108. The van der Waals surface area contributed by atoms with Gasteiger partial charge in [-0.15, -0.1) is 0 Å². The van der Waals surface area contributed by atoms with Crippen molar-refractivity contribution in [1.29, 1.82) is 0 Å². The van der Waals surface area contributed by atoms with Crippen molar-refractivity contribution in [2.45, 2.75) is 22.7 Å². The molecular weight excluding hydrogens is 1430 g/mol. The van der Waals surface area contributed by atoms with Crippen molar-refractivity contribution in [3.8, 4) is 135 Å². The Morgan fingerprint density at radius 1 is 0.144 bits per heavy atom. The monoisotopic (exact) mass is 1500 g/mol. The highest BCUT2D eigenvalue weighted by Gasteiger charge is 2.48. The van der Waals surface area contributed by atoms with E-state index in [4.69, 9.17) is 29.9 Å². The molecule has 0 radical (unpaired) electrons. The molecule has 5 aliphatic rings. The average molecular weight is 1500 g/mol. The zero-order valence-corrected chi connectivity index (χ0v) is 64.3. The molecule has 24 rings (SSSR count). The first kappa shape index (κ1) is 68.4. The van der Waals surface area contributed by atoms with Crippen molar-refractivity contribution >= 4 is 0 Å². The Labute approximate surface area is 685 Å². The molecule has 17 aromatic carbocycles. The van der Waals surface area contributed by atoms with E-state index in [-0.39, 0.29) is 11.8 Å². The lowest BCUT2D eigenvalue weighted by molar-refractivity contribution is 0.755. The van der Waals surface area contributed by atoms with Crippen LogP contribution in [0.3, 0.4) is 0 Å². The molecule has 2 atom stereocenters. The molecule has 550 valence electrons. The molecule has 2 bridgehead atoms. The first-order chi connectivity index (χ1) is 58.5. The minimum absolute atomic E-state index is 0.0694. The summed E-state index contributed by atoms with van der Waals surface area (Å²) >= 11 is 0. The summed E-state index contributed by atoms with van der Waals surface area (Å²) in [6.07, 6.45) is 0. The Balaban J connectivity index is 0.543. The predicted octanol–water partition coefficient (Wildman–Crippen LogP) is 26.4. The molecule has 0 N–H and O–H groups in total. The van der Waals surface area contributed by atoms with Gasteiger partial charge in [-0.05, 0) is 181 Å². The van der Waals surface area contributed by atoms with E-state index < -0.39 is 10.8 Å². The van der Waals surface area contributed by atoms with Crippen LogP contribution in [0.4, 0.5) is 0 Å². The summed E-state index contributed by atoms with van der Waals surface area (Å²) in [6.45, 7) is 0. The van der Waals surface area contributed by atoms with Crippen LogP contribution in [0.1, 0.15) is 89.7 Å². The molecule has 0 aliphatic heterocycles. The summed E-state index contributed by atoms with van der Waals surface area (Å²) < 4.78 is 0. The van der Waals surface area contributed by atoms with Crippen LogP contribution in [0, 0.1) is 0 Å². The molecule has 6 nitrogen and oxygen atoms in total. The van der Waals surface area contributed by atoms with Crippen molar-refractivity contribution in [2.24, 2.45) is 0 Å². The van der Waals surface area contributed by atoms with E-state index in [2.05, 4.69) is 388 Å². The molecule has 0 amide bonds. The first-order valence-electron chi connectivity index (χ1n) is 40.6. The average Bonchev–Trinajstić information content (AvgIpc) is 1.62. The highest BCUT2D eigenvalue weighted by atomic mass is 15.0. The van der Waals surface area contributed by atoms with E-state index in [0.717, 1.165) is 77.9 Å². The summed E-state index contributed by atoms with van der Waals surface area (Å²) in [5, 5.41) is 0. The highest BCUT2D eigenvalue weighted by molar-refractivity contribution is 5.92. The van der Waals surface area contributed by atoms with Crippen molar-refractivity contribution in [3.05, 3.63) is 503 Å². The van der Waals surface area contributed by atoms with Gasteiger partial charge in [0.15, 0.2) is 34.9 Å². The zero-order chi connectivity index (χ0) is 77.8. The molecule has 0 saturated carbocycles. The Kier molecular flexibility index (Phi) is 16.1. The van der Waals surface area contributed by atoms with Gasteiger partial charge in [-0.2, -0.15) is 0 Å². The molecule has 6 heteroatoms. The van der Waals surface area contributed by atoms with E-state index in [1.807, 2.05) is 36.4 Å². The van der Waals surface area contributed by atoms with Crippen LogP contribution >= 0.6 is 0 Å². The summed E-state index contributed by atoms with van der Waals surface area (Å²) in [5.74, 6) is 3.81. The molecule has 2 unspecified atom stereocenters. The third kappa shape index (κ3) is 11.0. The first-order valence-corrected chi connectivity index (χ1v) is 40.6. The van der Waals surface area contributed by atoms with Gasteiger partial charge in [0.1, 0.15) is 0 Å². The van der Waals surface area contributed by atoms with Crippen molar-refractivity contribution in [3.63, 3.8) is 0 Å². The van der Waals surface area contributed by atoms with Gasteiger partial charge in [0.2, 0.25) is 0 Å². The number of fused-ring (bicyclic) bond motifs is 6. The molecule has 0 fully saturated rings. The molecule has 0 spiro atoms. The van der Waals surface area contributed by atoms with Crippen LogP contribution in [0.5, 0.6) is 0 Å². The molecule has 0 saturated heterocycles. The number of hydrogen-bond donors (Lipinski definition) is 0. The Morgan fingerprint density at radius 3 is 0.746 bits per heavy atom. The summed E-state index contributed by atoms with van der Waals surface area (Å²) in [7, 11) is 0. The molecule has 2 aromatic heterocycles. The lowest BCUT2D eigenvalue weighted by Crippen LogP contribution is -2.28. The van der Waals surface area contributed by atoms with Gasteiger partial charge >= 0.3 is 0 Å². The normalized spacial score (nSPS) is 14.4. The minimum Gasteiger partial charge on any atom is -0.208 e. The molecule has 19 aromatic rings. The second kappa shape index (κ2) is 27.8. The second-order valence-electron chi connectivity index (χ2n) is 31.4. The highest BCUT2D eigenvalue weighted by Crippen LogP contribution is 2.61. The molecular formula is C112H72N6. The lowest BCUT2D eigenvalue weighted by Gasteiger charge is -2.42. The minimum atomic E-state index is -0.516. The number of rotatable bonds is 14. The molecule has 118 heavy (non-hydrogen) atoms.